The predicted octanol–water partition coefficient (Wildman–Crippen LogP) is 4.94. The summed E-state index contributed by atoms with van der Waals surface area (Å²) >= 11 is 1.29. The molecule has 0 aliphatic carbocycles. The molecule has 4 rings (SSSR count). The van der Waals surface area contributed by atoms with Crippen LogP contribution in [0.5, 0.6) is 0 Å². The van der Waals surface area contributed by atoms with E-state index in [2.05, 4.69) is 24.1 Å². The molecule has 1 amide bonds. The number of nitrogens with one attached hydrogen (secondary N) is 1. The third-order valence-corrected chi connectivity index (χ3v) is 5.75. The van der Waals surface area contributed by atoms with Gasteiger partial charge in [-0.3, -0.25) is 14.2 Å². The molecule has 0 fully saturated rings. The third-order valence-electron chi connectivity index (χ3n) is 4.77. The molecule has 0 saturated carbocycles. The molecule has 30 heavy (non-hydrogen) atoms. The molecule has 5 nitrogen and oxygen atoms in total. The van der Waals surface area contributed by atoms with Crippen LogP contribution in [0.25, 0.3) is 21.7 Å². The van der Waals surface area contributed by atoms with E-state index < -0.39 is 0 Å². The van der Waals surface area contributed by atoms with Gasteiger partial charge >= 0.3 is 0 Å². The Kier molecular flexibility index (Phi) is 5.86. The summed E-state index contributed by atoms with van der Waals surface area (Å²) < 4.78 is 1.68. The Labute approximate surface area is 179 Å². The van der Waals surface area contributed by atoms with Gasteiger partial charge in [-0.2, -0.15) is 0 Å². The number of amides is 1. The second-order valence-electron chi connectivity index (χ2n) is 7.58. The summed E-state index contributed by atoms with van der Waals surface area (Å²) in [5.41, 5.74) is 1.37. The molecule has 0 aliphatic rings. The van der Waals surface area contributed by atoms with Crippen LogP contribution in [0, 0.1) is 5.92 Å². The first-order chi connectivity index (χ1) is 14.5. The van der Waals surface area contributed by atoms with Crippen LogP contribution in [-0.4, -0.2) is 21.2 Å². The van der Waals surface area contributed by atoms with E-state index in [1.807, 2.05) is 60.7 Å². The van der Waals surface area contributed by atoms with Crippen LogP contribution < -0.4 is 10.9 Å². The van der Waals surface area contributed by atoms with Gasteiger partial charge in [-0.15, -0.1) is 0 Å². The van der Waals surface area contributed by atoms with E-state index in [9.17, 15) is 9.59 Å². The van der Waals surface area contributed by atoms with Crippen molar-refractivity contribution in [2.75, 3.05) is 11.1 Å². The van der Waals surface area contributed by atoms with Crippen LogP contribution in [0.3, 0.4) is 0 Å². The average molecular weight is 418 g/mol. The van der Waals surface area contributed by atoms with Crippen LogP contribution in [0.2, 0.25) is 0 Å². The van der Waals surface area contributed by atoms with Gasteiger partial charge in [0, 0.05) is 17.6 Å². The van der Waals surface area contributed by atoms with Crippen molar-refractivity contribution < 1.29 is 4.79 Å². The molecule has 1 N–H and O–H groups in total. The minimum absolute atomic E-state index is 0.0636. The Morgan fingerprint density at radius 2 is 1.70 bits per heavy atom. The monoisotopic (exact) mass is 417 g/mol. The lowest BCUT2D eigenvalue weighted by Gasteiger charge is -2.15. The van der Waals surface area contributed by atoms with Gasteiger partial charge in [0.25, 0.3) is 5.56 Å². The fourth-order valence-electron chi connectivity index (χ4n) is 3.43. The molecule has 4 aromatic rings. The maximum atomic E-state index is 13.0. The highest BCUT2D eigenvalue weighted by atomic mass is 32.2. The Morgan fingerprint density at radius 3 is 2.50 bits per heavy atom. The van der Waals surface area contributed by atoms with E-state index in [1.54, 1.807) is 10.6 Å². The normalized spacial score (nSPS) is 11.3. The molecular weight excluding hydrogens is 394 g/mol. The maximum absolute atomic E-state index is 13.0. The third kappa shape index (κ3) is 4.24. The van der Waals surface area contributed by atoms with Gasteiger partial charge in [0.1, 0.15) is 0 Å². The predicted molar refractivity (Wildman–Crippen MR) is 124 cm³/mol. The van der Waals surface area contributed by atoms with Crippen LogP contribution in [0.15, 0.2) is 76.7 Å². The molecule has 0 bridgehead atoms. The number of benzene rings is 3. The quantitative estimate of drug-likeness (QED) is 0.357. The molecule has 3 aromatic carbocycles. The van der Waals surface area contributed by atoms with Crippen molar-refractivity contribution in [2.24, 2.45) is 5.92 Å². The number of fused-ring (bicyclic) bond motifs is 2. The summed E-state index contributed by atoms with van der Waals surface area (Å²) in [5, 5.41) is 6.23. The SMILES string of the molecule is CC(C)Cn1c(SCC(=O)Nc2cccc3ccccc23)nc2ccccc2c1=O. The summed E-state index contributed by atoms with van der Waals surface area (Å²) in [7, 11) is 0. The zero-order valence-electron chi connectivity index (χ0n) is 17.0. The summed E-state index contributed by atoms with van der Waals surface area (Å²) in [5.74, 6) is 0.330. The Hall–Kier alpha value is -3.12. The first-order valence-corrected chi connectivity index (χ1v) is 10.9. The molecule has 0 aliphatic heterocycles. The van der Waals surface area contributed by atoms with E-state index in [0.29, 0.717) is 22.6 Å². The minimum Gasteiger partial charge on any atom is -0.325 e. The highest BCUT2D eigenvalue weighted by Crippen LogP contribution is 2.24. The number of thioether (sulfide) groups is 1. The zero-order chi connectivity index (χ0) is 21.1. The van der Waals surface area contributed by atoms with E-state index in [4.69, 9.17) is 0 Å². The topological polar surface area (TPSA) is 64.0 Å². The van der Waals surface area contributed by atoms with E-state index in [1.165, 1.54) is 11.8 Å². The van der Waals surface area contributed by atoms with E-state index in [0.717, 1.165) is 16.5 Å². The first kappa shape index (κ1) is 20.2. The van der Waals surface area contributed by atoms with Crippen molar-refractivity contribution in [3.8, 4) is 0 Å². The molecule has 6 heteroatoms. The Balaban J connectivity index is 1.58. The molecule has 0 atom stereocenters. The largest absolute Gasteiger partial charge is 0.325 e. The number of hydrogen-bond donors (Lipinski definition) is 1. The van der Waals surface area contributed by atoms with Crippen LogP contribution in [0.1, 0.15) is 13.8 Å². The maximum Gasteiger partial charge on any atom is 0.262 e. The van der Waals surface area contributed by atoms with Crippen molar-refractivity contribution in [1.29, 1.82) is 0 Å². The molecule has 0 radical (unpaired) electrons. The summed E-state index contributed by atoms with van der Waals surface area (Å²) in [4.78, 5) is 30.3. The fraction of sp³-hybridized carbons (Fsp3) is 0.208. The average Bonchev–Trinajstić information content (AvgIpc) is 2.74. The highest BCUT2D eigenvalue weighted by molar-refractivity contribution is 7.99. The summed E-state index contributed by atoms with van der Waals surface area (Å²) in [6.07, 6.45) is 0. The summed E-state index contributed by atoms with van der Waals surface area (Å²) in [6, 6.07) is 21.1. The molecule has 152 valence electrons. The van der Waals surface area contributed by atoms with Gasteiger partial charge in [-0.1, -0.05) is 74.1 Å². The number of rotatable bonds is 6. The van der Waals surface area contributed by atoms with Gasteiger partial charge in [0.05, 0.1) is 16.7 Å². The van der Waals surface area contributed by atoms with Crippen molar-refractivity contribution in [3.63, 3.8) is 0 Å². The molecule has 1 aromatic heterocycles. The molecule has 1 heterocycles. The lowest BCUT2D eigenvalue weighted by Crippen LogP contribution is -2.26. The van der Waals surface area contributed by atoms with Crippen molar-refractivity contribution in [2.45, 2.75) is 25.5 Å². The number of aromatic nitrogens is 2. The number of hydrogen-bond acceptors (Lipinski definition) is 4. The van der Waals surface area contributed by atoms with Gasteiger partial charge < -0.3 is 5.32 Å². The smallest absolute Gasteiger partial charge is 0.262 e. The number of nitrogens with zero attached hydrogens (tertiary/aromatic N) is 2. The van der Waals surface area contributed by atoms with Gasteiger partial charge in [-0.25, -0.2) is 4.98 Å². The fourth-order valence-corrected chi connectivity index (χ4v) is 4.24. The Bertz CT molecular complexity index is 1280. The van der Waals surface area contributed by atoms with Crippen molar-refractivity contribution in [1.82, 2.24) is 9.55 Å². The molecule has 0 unspecified atom stereocenters. The number of anilines is 1. The van der Waals surface area contributed by atoms with E-state index in [-0.39, 0.29) is 23.1 Å². The van der Waals surface area contributed by atoms with Crippen molar-refractivity contribution >= 4 is 45.0 Å². The van der Waals surface area contributed by atoms with Crippen LogP contribution in [0.4, 0.5) is 5.69 Å². The van der Waals surface area contributed by atoms with E-state index >= 15 is 0 Å². The van der Waals surface area contributed by atoms with Gasteiger partial charge in [0.15, 0.2) is 5.16 Å². The number of carbonyl (C=O) groups excluding carboxylic acids is 1. The second kappa shape index (κ2) is 8.71. The highest BCUT2D eigenvalue weighted by Gasteiger charge is 2.14. The summed E-state index contributed by atoms with van der Waals surface area (Å²) in [6.45, 7) is 4.68. The second-order valence-corrected chi connectivity index (χ2v) is 8.53. The molecular formula is C24H23N3O2S. The number of carbonyl (C=O) groups is 1. The zero-order valence-corrected chi connectivity index (χ0v) is 17.8. The van der Waals surface area contributed by atoms with Gasteiger partial charge in [-0.05, 0) is 29.5 Å². The minimum atomic E-state index is -0.130. The van der Waals surface area contributed by atoms with Crippen molar-refractivity contribution in [3.05, 3.63) is 77.1 Å². The molecule has 0 spiro atoms. The lowest BCUT2D eigenvalue weighted by atomic mass is 10.1. The van der Waals surface area contributed by atoms with Crippen LogP contribution in [-0.2, 0) is 11.3 Å². The first-order valence-electron chi connectivity index (χ1n) is 9.93. The number of para-hydroxylation sites is 1. The Morgan fingerprint density at radius 1 is 1.00 bits per heavy atom. The standard InChI is InChI=1S/C24H23N3O2S/c1-16(2)14-27-23(29)19-11-5-6-12-21(19)26-24(27)30-15-22(28)25-20-13-7-9-17-8-3-4-10-18(17)20/h3-13,16H,14-15H2,1-2H3,(H,25,28). The van der Waals surface area contributed by atoms with Gasteiger partial charge in [0.2, 0.25) is 5.91 Å². The lowest BCUT2D eigenvalue weighted by molar-refractivity contribution is -0.113. The van der Waals surface area contributed by atoms with Crippen LogP contribution >= 0.6 is 11.8 Å². The molecule has 0 saturated heterocycles.